The average molecular weight is 392 g/mol. The van der Waals surface area contributed by atoms with Crippen molar-refractivity contribution in [3.8, 4) is 5.75 Å². The molecule has 2 heterocycles. The van der Waals surface area contributed by atoms with E-state index in [0.717, 1.165) is 17.6 Å². The Balaban J connectivity index is 1.44. The largest absolute Gasteiger partial charge is 0.497 e. The highest BCUT2D eigenvalue weighted by atomic mass is 32.2. The number of hydrogen-bond acceptors (Lipinski definition) is 6. The highest BCUT2D eigenvalue weighted by molar-refractivity contribution is 7.89. The molecule has 0 unspecified atom stereocenters. The average Bonchev–Trinajstić information content (AvgIpc) is 3.53. The van der Waals surface area contributed by atoms with E-state index in [2.05, 4.69) is 10.2 Å². The summed E-state index contributed by atoms with van der Waals surface area (Å²) >= 11 is 0. The second-order valence-corrected chi connectivity index (χ2v) is 8.68. The summed E-state index contributed by atoms with van der Waals surface area (Å²) in [6, 6.07) is 7.71. The topological polar surface area (TPSA) is 75.6 Å². The van der Waals surface area contributed by atoms with Crippen molar-refractivity contribution in [2.24, 2.45) is 0 Å². The van der Waals surface area contributed by atoms with Crippen molar-refractivity contribution >= 4 is 15.8 Å². The van der Waals surface area contributed by atoms with Crippen LogP contribution < -0.4 is 9.64 Å². The molecule has 0 N–H and O–H groups in total. The van der Waals surface area contributed by atoms with Crippen LogP contribution in [0.3, 0.4) is 0 Å². The molecule has 1 aliphatic heterocycles. The number of ether oxygens (including phenoxy) is 1. The number of anilines is 1. The lowest BCUT2D eigenvalue weighted by atomic mass is 10.2. The van der Waals surface area contributed by atoms with Crippen molar-refractivity contribution in [3.63, 3.8) is 0 Å². The second-order valence-electron chi connectivity index (χ2n) is 6.78. The minimum absolute atomic E-state index is 0.264. The van der Waals surface area contributed by atoms with E-state index in [4.69, 9.17) is 4.74 Å². The summed E-state index contributed by atoms with van der Waals surface area (Å²) in [5.74, 6) is 0.766. The third kappa shape index (κ3) is 3.61. The summed E-state index contributed by atoms with van der Waals surface area (Å²) < 4.78 is 46.0. The van der Waals surface area contributed by atoms with Gasteiger partial charge in [-0.1, -0.05) is 0 Å². The van der Waals surface area contributed by atoms with E-state index >= 15 is 0 Å². The molecule has 0 atom stereocenters. The van der Waals surface area contributed by atoms with Gasteiger partial charge in [0.15, 0.2) is 5.82 Å². The van der Waals surface area contributed by atoms with Gasteiger partial charge in [-0.05, 0) is 37.1 Å². The molecule has 0 spiro atoms. The van der Waals surface area contributed by atoms with Gasteiger partial charge in [-0.3, -0.25) is 0 Å². The number of halogens is 1. The molecular weight excluding hydrogens is 371 g/mol. The first kappa shape index (κ1) is 18.1. The predicted octanol–water partition coefficient (Wildman–Crippen LogP) is 2.01. The first-order valence-electron chi connectivity index (χ1n) is 8.91. The third-order valence-electron chi connectivity index (χ3n) is 4.99. The smallest absolute Gasteiger partial charge is 0.246 e. The molecule has 9 heteroatoms. The highest BCUT2D eigenvalue weighted by Crippen LogP contribution is 2.38. The van der Waals surface area contributed by atoms with Crippen molar-refractivity contribution in [1.29, 1.82) is 0 Å². The van der Waals surface area contributed by atoms with Gasteiger partial charge < -0.3 is 9.64 Å². The molecule has 2 aromatic rings. The van der Waals surface area contributed by atoms with E-state index in [9.17, 15) is 12.8 Å². The van der Waals surface area contributed by atoms with Gasteiger partial charge in [-0.25, -0.2) is 12.8 Å². The summed E-state index contributed by atoms with van der Waals surface area (Å²) in [4.78, 5) is 1.67. The molecule has 2 aliphatic rings. The molecule has 144 valence electrons. The van der Waals surface area contributed by atoms with Crippen molar-refractivity contribution in [1.82, 2.24) is 14.5 Å². The van der Waals surface area contributed by atoms with Crippen LogP contribution in [0.15, 0.2) is 35.2 Å². The fraction of sp³-hybridized carbons (Fsp3) is 0.444. The first-order chi connectivity index (χ1) is 13.0. The minimum Gasteiger partial charge on any atom is -0.497 e. The third-order valence-corrected chi connectivity index (χ3v) is 6.92. The molecule has 1 saturated carbocycles. The van der Waals surface area contributed by atoms with Crippen molar-refractivity contribution in [2.75, 3.05) is 38.2 Å². The lowest BCUT2D eigenvalue weighted by Crippen LogP contribution is -2.49. The zero-order valence-electron chi connectivity index (χ0n) is 15.0. The van der Waals surface area contributed by atoms with E-state index in [1.54, 1.807) is 0 Å². The van der Waals surface area contributed by atoms with Gasteiger partial charge in [-0.2, -0.15) is 9.40 Å². The summed E-state index contributed by atoms with van der Waals surface area (Å²) in [6.07, 6.45) is 2.35. The molecule has 0 radical (unpaired) electrons. The Morgan fingerprint density at radius 2 is 1.81 bits per heavy atom. The molecule has 1 saturated heterocycles. The summed E-state index contributed by atoms with van der Waals surface area (Å²) in [5, 5.41) is 8.55. The SMILES string of the molecule is COc1ccc(S(=O)(=O)N2CCN(c3ccc(C4CC4)nn3)CC2)c(F)c1. The molecule has 1 aromatic carbocycles. The Hall–Kier alpha value is -2.26. The van der Waals surface area contributed by atoms with Crippen molar-refractivity contribution in [2.45, 2.75) is 23.7 Å². The Kier molecular flexibility index (Phi) is 4.73. The van der Waals surface area contributed by atoms with Crippen LogP contribution in [0, 0.1) is 5.82 Å². The standard InChI is InChI=1S/C18H21FN4O3S/c1-26-14-4-6-17(15(19)12-14)27(24,25)23-10-8-22(9-11-23)18-7-5-16(20-21-18)13-2-3-13/h4-7,12-13H,2-3,8-11H2,1H3. The normalized spacial score (nSPS) is 18.5. The maximum absolute atomic E-state index is 14.2. The predicted molar refractivity (Wildman–Crippen MR) is 97.9 cm³/mol. The Labute approximate surface area is 157 Å². The summed E-state index contributed by atoms with van der Waals surface area (Å²) in [6.45, 7) is 1.49. The maximum Gasteiger partial charge on any atom is 0.246 e. The van der Waals surface area contributed by atoms with E-state index in [1.165, 1.54) is 36.4 Å². The van der Waals surface area contributed by atoms with Crippen LogP contribution in [0.25, 0.3) is 0 Å². The molecule has 0 bridgehead atoms. The number of benzene rings is 1. The highest BCUT2D eigenvalue weighted by Gasteiger charge is 2.31. The van der Waals surface area contributed by atoms with Crippen LogP contribution in [0.5, 0.6) is 5.75 Å². The number of methoxy groups -OCH3 is 1. The fourth-order valence-electron chi connectivity index (χ4n) is 3.22. The molecule has 0 amide bonds. The number of hydrogen-bond donors (Lipinski definition) is 0. The Bertz CT molecular complexity index is 924. The van der Waals surface area contributed by atoms with Crippen LogP contribution in [0.1, 0.15) is 24.5 Å². The fourth-order valence-corrected chi connectivity index (χ4v) is 4.68. The Morgan fingerprint density at radius 1 is 1.07 bits per heavy atom. The Morgan fingerprint density at radius 3 is 2.37 bits per heavy atom. The van der Waals surface area contributed by atoms with Gasteiger partial charge in [0, 0.05) is 38.2 Å². The quantitative estimate of drug-likeness (QED) is 0.775. The number of nitrogens with zero attached hydrogens (tertiary/aromatic N) is 4. The van der Waals surface area contributed by atoms with Gasteiger partial charge in [0.05, 0.1) is 12.8 Å². The van der Waals surface area contributed by atoms with Crippen LogP contribution in [-0.2, 0) is 10.0 Å². The number of aromatic nitrogens is 2. The first-order valence-corrected chi connectivity index (χ1v) is 10.4. The van der Waals surface area contributed by atoms with Crippen LogP contribution >= 0.6 is 0 Å². The van der Waals surface area contributed by atoms with Crippen molar-refractivity contribution in [3.05, 3.63) is 41.8 Å². The van der Waals surface area contributed by atoms with Gasteiger partial charge >= 0.3 is 0 Å². The van der Waals surface area contributed by atoms with E-state index in [1.807, 2.05) is 17.0 Å². The second kappa shape index (κ2) is 7.05. The van der Waals surface area contributed by atoms with E-state index < -0.39 is 15.8 Å². The molecule has 27 heavy (non-hydrogen) atoms. The summed E-state index contributed by atoms with van der Waals surface area (Å²) in [5.41, 5.74) is 1.02. The molecule has 4 rings (SSSR count). The number of piperazine rings is 1. The zero-order valence-corrected chi connectivity index (χ0v) is 15.8. The molecule has 2 fully saturated rings. The monoisotopic (exact) mass is 392 g/mol. The van der Waals surface area contributed by atoms with Crippen LogP contribution in [0.2, 0.25) is 0 Å². The number of sulfonamides is 1. The van der Waals surface area contributed by atoms with Gasteiger partial charge in [-0.15, -0.1) is 5.10 Å². The minimum atomic E-state index is -3.89. The number of rotatable bonds is 5. The van der Waals surface area contributed by atoms with E-state index in [0.29, 0.717) is 19.0 Å². The van der Waals surface area contributed by atoms with Crippen LogP contribution in [0.4, 0.5) is 10.2 Å². The lowest BCUT2D eigenvalue weighted by Gasteiger charge is -2.34. The maximum atomic E-state index is 14.2. The molecule has 1 aromatic heterocycles. The lowest BCUT2D eigenvalue weighted by molar-refractivity contribution is 0.380. The van der Waals surface area contributed by atoms with Gasteiger partial charge in [0.25, 0.3) is 0 Å². The molecular formula is C18H21FN4O3S. The summed E-state index contributed by atoms with van der Waals surface area (Å²) in [7, 11) is -2.49. The zero-order chi connectivity index (χ0) is 19.0. The van der Waals surface area contributed by atoms with Gasteiger partial charge in [0.1, 0.15) is 16.5 Å². The van der Waals surface area contributed by atoms with Crippen molar-refractivity contribution < 1.29 is 17.5 Å². The molecule has 7 nitrogen and oxygen atoms in total. The van der Waals surface area contributed by atoms with Gasteiger partial charge in [0.2, 0.25) is 10.0 Å². The van der Waals surface area contributed by atoms with E-state index in [-0.39, 0.29) is 23.7 Å². The molecule has 1 aliphatic carbocycles. The van der Waals surface area contributed by atoms with Crippen LogP contribution in [-0.4, -0.2) is 56.2 Å².